The Labute approximate surface area is 96.2 Å². The molecule has 16 heavy (non-hydrogen) atoms. The smallest absolute Gasteiger partial charge is 0.115 e. The van der Waals surface area contributed by atoms with E-state index in [2.05, 4.69) is 39.1 Å². The van der Waals surface area contributed by atoms with Crippen LogP contribution < -0.4 is 4.90 Å². The van der Waals surface area contributed by atoms with Crippen LogP contribution in [0.4, 0.5) is 5.69 Å². The van der Waals surface area contributed by atoms with Crippen LogP contribution in [0.1, 0.15) is 12.5 Å². The maximum atomic E-state index is 7.26. The maximum Gasteiger partial charge on any atom is 0.115 e. The topological polar surface area (TPSA) is 29.0 Å². The molecule has 0 spiro atoms. The molecule has 0 amide bonds. The third kappa shape index (κ3) is 1.65. The molecule has 0 fully saturated rings. The van der Waals surface area contributed by atoms with Crippen molar-refractivity contribution >= 4 is 5.69 Å². The van der Waals surface area contributed by atoms with Crippen molar-refractivity contribution in [3.63, 3.8) is 0 Å². The van der Waals surface area contributed by atoms with Gasteiger partial charge in [0, 0.05) is 36.7 Å². The van der Waals surface area contributed by atoms with E-state index in [-0.39, 0.29) is 6.30 Å². The van der Waals surface area contributed by atoms with Crippen LogP contribution in [0, 0.1) is 0 Å². The van der Waals surface area contributed by atoms with Crippen LogP contribution in [0.2, 0.25) is 0 Å². The Balaban J connectivity index is 1.81. The fourth-order valence-electron chi connectivity index (χ4n) is 2.16. The first-order valence-corrected chi connectivity index (χ1v) is 5.43. The fourth-order valence-corrected chi connectivity index (χ4v) is 2.16. The highest BCUT2D eigenvalue weighted by molar-refractivity contribution is 5.57. The predicted octanol–water partition coefficient (Wildman–Crippen LogP) is 2.04. The van der Waals surface area contributed by atoms with Crippen molar-refractivity contribution in [3.05, 3.63) is 54.1 Å². The molecule has 3 rings (SSSR count). The summed E-state index contributed by atoms with van der Waals surface area (Å²) in [5.41, 5.74) is 3.77. The lowest BCUT2D eigenvalue weighted by atomic mass is 10.2. The van der Waals surface area contributed by atoms with E-state index in [0.29, 0.717) is 0 Å². The van der Waals surface area contributed by atoms with Gasteiger partial charge in [-0.25, -0.2) is 9.97 Å². The summed E-state index contributed by atoms with van der Waals surface area (Å²) >= 11 is 0. The van der Waals surface area contributed by atoms with E-state index < -0.39 is 0 Å². The Morgan fingerprint density at radius 3 is 2.94 bits per heavy atom. The molecule has 0 aliphatic carbocycles. The van der Waals surface area contributed by atoms with E-state index in [9.17, 15) is 0 Å². The fraction of sp³-hybridized carbons (Fsp3) is 0.231. The maximum absolute atomic E-state index is 7.26. The second kappa shape index (κ2) is 3.93. The lowest BCUT2D eigenvalue weighted by Crippen LogP contribution is -2.19. The minimum absolute atomic E-state index is 0.0792. The van der Waals surface area contributed by atoms with Crippen LogP contribution in [-0.2, 0) is 13.0 Å². The zero-order chi connectivity index (χ0) is 11.7. The van der Waals surface area contributed by atoms with E-state index in [1.165, 1.54) is 11.3 Å². The molecule has 0 atom stereocenters. The summed E-state index contributed by atoms with van der Waals surface area (Å²) in [5.74, 6) is 0. The van der Waals surface area contributed by atoms with Crippen LogP contribution >= 0.6 is 0 Å². The molecule has 1 aromatic carbocycles. The number of nitrogens with zero attached hydrogens (tertiary/aromatic N) is 3. The highest BCUT2D eigenvalue weighted by Gasteiger charge is 2.17. The summed E-state index contributed by atoms with van der Waals surface area (Å²) in [6.45, 7) is 1.86. The zero-order valence-corrected chi connectivity index (χ0v) is 8.93. The predicted molar refractivity (Wildman–Crippen MR) is 63.2 cm³/mol. The molecule has 80 valence electrons. The second-order valence-corrected chi connectivity index (χ2v) is 3.99. The minimum Gasteiger partial charge on any atom is -0.367 e. The average Bonchev–Trinajstić information content (AvgIpc) is 2.76. The SMILES string of the molecule is [2H]c1ncc(CN2CCc3ccccc32)cn1. The van der Waals surface area contributed by atoms with Gasteiger partial charge in [0.15, 0.2) is 0 Å². The molecule has 0 radical (unpaired) electrons. The molecule has 1 aliphatic rings. The molecule has 2 aromatic rings. The Morgan fingerprint density at radius 1 is 1.25 bits per heavy atom. The second-order valence-electron chi connectivity index (χ2n) is 3.99. The van der Waals surface area contributed by atoms with Gasteiger partial charge in [0.05, 0.1) is 0 Å². The molecule has 1 aliphatic heterocycles. The number of rotatable bonds is 2. The Bertz CT molecular complexity index is 524. The van der Waals surface area contributed by atoms with Crippen molar-refractivity contribution in [1.29, 1.82) is 0 Å². The van der Waals surface area contributed by atoms with Crippen LogP contribution in [0.3, 0.4) is 0 Å². The molecule has 1 aromatic heterocycles. The summed E-state index contributed by atoms with van der Waals surface area (Å²) in [5, 5.41) is 0. The Hall–Kier alpha value is -1.90. The Kier molecular flexibility index (Phi) is 2.03. The third-order valence-electron chi connectivity index (χ3n) is 2.93. The Morgan fingerprint density at radius 2 is 2.06 bits per heavy atom. The monoisotopic (exact) mass is 212 g/mol. The molecule has 0 saturated heterocycles. The number of fused-ring (bicyclic) bond motifs is 1. The number of benzene rings is 1. The van der Waals surface area contributed by atoms with Crippen LogP contribution in [0.15, 0.2) is 43.0 Å². The van der Waals surface area contributed by atoms with E-state index in [4.69, 9.17) is 1.37 Å². The number of anilines is 1. The molecule has 0 bridgehead atoms. The zero-order valence-electron chi connectivity index (χ0n) is 9.93. The van der Waals surface area contributed by atoms with Crippen LogP contribution in [0.25, 0.3) is 0 Å². The third-order valence-corrected chi connectivity index (χ3v) is 2.93. The highest BCUT2D eigenvalue weighted by Crippen LogP contribution is 2.28. The summed E-state index contributed by atoms with van der Waals surface area (Å²) in [7, 11) is 0. The molecular formula is C13H13N3. The van der Waals surface area contributed by atoms with Gasteiger partial charge in [0.1, 0.15) is 7.67 Å². The number of hydrogen-bond donors (Lipinski definition) is 0. The first-order valence-electron chi connectivity index (χ1n) is 5.93. The van der Waals surface area contributed by atoms with Gasteiger partial charge in [-0.2, -0.15) is 0 Å². The largest absolute Gasteiger partial charge is 0.367 e. The number of aromatic nitrogens is 2. The lowest BCUT2D eigenvalue weighted by molar-refractivity contribution is 0.826. The van der Waals surface area contributed by atoms with Gasteiger partial charge in [0.2, 0.25) is 0 Å². The van der Waals surface area contributed by atoms with Crippen molar-refractivity contribution in [2.75, 3.05) is 11.4 Å². The summed E-state index contributed by atoms with van der Waals surface area (Å²) in [4.78, 5) is 10.1. The van der Waals surface area contributed by atoms with Gasteiger partial charge >= 0.3 is 0 Å². The van der Waals surface area contributed by atoms with Gasteiger partial charge in [-0.1, -0.05) is 18.2 Å². The van der Waals surface area contributed by atoms with E-state index in [0.717, 1.165) is 25.1 Å². The first-order chi connectivity index (χ1) is 8.33. The molecule has 0 saturated carbocycles. The summed E-state index contributed by atoms with van der Waals surface area (Å²) in [6, 6.07) is 8.49. The standard InChI is InChI=1S/C13H13N3/c1-2-4-13-12(3-1)5-6-16(13)9-11-7-14-10-15-8-11/h1-4,7-8,10H,5-6,9H2/i10D. The summed E-state index contributed by atoms with van der Waals surface area (Å²) in [6.07, 6.45) is 4.65. The molecule has 3 nitrogen and oxygen atoms in total. The van der Waals surface area contributed by atoms with E-state index in [1.54, 1.807) is 12.4 Å². The minimum atomic E-state index is 0.0792. The van der Waals surface area contributed by atoms with Crippen molar-refractivity contribution in [2.24, 2.45) is 0 Å². The summed E-state index contributed by atoms with van der Waals surface area (Å²) < 4.78 is 7.26. The van der Waals surface area contributed by atoms with E-state index >= 15 is 0 Å². The van der Waals surface area contributed by atoms with Gasteiger partial charge < -0.3 is 4.90 Å². The highest BCUT2D eigenvalue weighted by atomic mass is 15.1. The molecule has 3 heteroatoms. The van der Waals surface area contributed by atoms with Crippen molar-refractivity contribution in [2.45, 2.75) is 13.0 Å². The van der Waals surface area contributed by atoms with Crippen molar-refractivity contribution < 1.29 is 1.37 Å². The van der Waals surface area contributed by atoms with Crippen molar-refractivity contribution in [3.8, 4) is 0 Å². The molecule has 0 N–H and O–H groups in total. The number of para-hydroxylation sites is 1. The molecule has 0 unspecified atom stereocenters. The van der Waals surface area contributed by atoms with Gasteiger partial charge in [-0.05, 0) is 18.1 Å². The van der Waals surface area contributed by atoms with Gasteiger partial charge in [-0.3, -0.25) is 0 Å². The molecular weight excluding hydrogens is 198 g/mol. The van der Waals surface area contributed by atoms with Gasteiger partial charge in [-0.15, -0.1) is 0 Å². The van der Waals surface area contributed by atoms with Crippen molar-refractivity contribution in [1.82, 2.24) is 9.97 Å². The normalized spacial score (nSPS) is 14.8. The lowest BCUT2D eigenvalue weighted by Gasteiger charge is -2.18. The van der Waals surface area contributed by atoms with Gasteiger partial charge in [0.25, 0.3) is 0 Å². The quantitative estimate of drug-likeness (QED) is 0.762. The van der Waals surface area contributed by atoms with Crippen LogP contribution in [0.5, 0.6) is 0 Å². The average molecular weight is 212 g/mol. The number of hydrogen-bond acceptors (Lipinski definition) is 3. The van der Waals surface area contributed by atoms with Crippen LogP contribution in [-0.4, -0.2) is 16.5 Å². The first kappa shape index (κ1) is 8.28. The molecule has 2 heterocycles. The van der Waals surface area contributed by atoms with E-state index in [1.807, 2.05) is 0 Å².